The molecule has 0 unspecified atom stereocenters. The van der Waals surface area contributed by atoms with E-state index in [2.05, 4.69) is 58.9 Å². The zero-order valence-electron chi connectivity index (χ0n) is 20.0. The van der Waals surface area contributed by atoms with Gasteiger partial charge in [0.2, 0.25) is 0 Å². The third-order valence-corrected chi connectivity index (χ3v) is 3.27. The molecule has 0 aliphatic heterocycles. The Kier molecular flexibility index (Phi) is 35.9. The lowest BCUT2D eigenvalue weighted by Gasteiger charge is -2.08. The van der Waals surface area contributed by atoms with Crippen molar-refractivity contribution in [1.29, 1.82) is 0 Å². The number of unbranched alkanes of at least 4 members (excludes halogenated alkanes) is 2. The Bertz CT molecular complexity index is 339. The van der Waals surface area contributed by atoms with Crippen molar-refractivity contribution in [3.8, 4) is 0 Å². The molecule has 1 aromatic rings. The molecule has 1 aromatic carbocycles. The maximum atomic E-state index is 9.44. The third kappa shape index (κ3) is 38.4. The zero-order chi connectivity index (χ0) is 21.4. The van der Waals surface area contributed by atoms with Crippen LogP contribution in [-0.4, -0.2) is 5.78 Å². The van der Waals surface area contributed by atoms with Crippen LogP contribution in [0.25, 0.3) is 0 Å². The van der Waals surface area contributed by atoms with Crippen LogP contribution in [0.3, 0.4) is 0 Å². The van der Waals surface area contributed by atoms with Gasteiger partial charge in [0.05, 0.1) is 0 Å². The number of rotatable bonds is 6. The molecule has 26 heavy (non-hydrogen) atoms. The Morgan fingerprint density at radius 2 is 1.15 bits per heavy atom. The van der Waals surface area contributed by atoms with E-state index in [0.29, 0.717) is 0 Å². The first-order valence-corrected chi connectivity index (χ1v) is 10.8. The second-order valence-electron chi connectivity index (χ2n) is 6.46. The van der Waals surface area contributed by atoms with Crippen LogP contribution in [0.4, 0.5) is 0 Å². The van der Waals surface area contributed by atoms with Gasteiger partial charge in [-0.1, -0.05) is 122 Å². The summed E-state index contributed by atoms with van der Waals surface area (Å²) >= 11 is 0. The van der Waals surface area contributed by atoms with Crippen LogP contribution in [0.1, 0.15) is 112 Å². The number of Topliss-reactive ketones (excluding diaryl/α,β-unsaturated/α-hetero) is 1. The number of carbonyl (C=O) groups excluding carboxylic acids is 1. The summed E-state index contributed by atoms with van der Waals surface area (Å²) in [6, 6.07) is 8.45. The van der Waals surface area contributed by atoms with Crippen LogP contribution in [0.2, 0.25) is 0 Å². The van der Waals surface area contributed by atoms with Gasteiger partial charge in [-0.2, -0.15) is 0 Å². The van der Waals surface area contributed by atoms with Crippen LogP contribution in [0.15, 0.2) is 24.3 Å². The molecule has 1 rings (SSSR count). The standard InChI is InChI=1S/C10H22.C8H10.C3H6O.2C2H6/c1-4-6-8-10(3)9-7-5-2;1-7-4-3-5-8(2)6-7;1-3(2)4;2*1-2/h10H,4-9H2,1-3H3;3-6H,1-2H3;1-2H3;2*1-2H3. The number of benzene rings is 1. The summed E-state index contributed by atoms with van der Waals surface area (Å²) in [6.45, 7) is 22.2. The van der Waals surface area contributed by atoms with Crippen molar-refractivity contribution >= 4 is 5.78 Å². The highest BCUT2D eigenvalue weighted by Gasteiger charge is 1.98. The Balaban J connectivity index is -0.000000135. The van der Waals surface area contributed by atoms with E-state index in [1.807, 2.05) is 27.7 Å². The number of hydrogen-bond donors (Lipinski definition) is 0. The Hall–Kier alpha value is -1.11. The second-order valence-corrected chi connectivity index (χ2v) is 6.46. The van der Waals surface area contributed by atoms with Gasteiger partial charge >= 0.3 is 0 Å². The van der Waals surface area contributed by atoms with Crippen LogP contribution < -0.4 is 0 Å². The highest BCUT2D eigenvalue weighted by atomic mass is 16.1. The van der Waals surface area contributed by atoms with Crippen molar-refractivity contribution in [3.63, 3.8) is 0 Å². The minimum atomic E-state index is 0.167. The average Bonchev–Trinajstić information content (AvgIpc) is 2.61. The maximum Gasteiger partial charge on any atom is 0.126 e. The van der Waals surface area contributed by atoms with Crippen molar-refractivity contribution in [2.24, 2.45) is 5.92 Å². The summed E-state index contributed by atoms with van der Waals surface area (Å²) in [5.41, 5.74) is 2.68. The van der Waals surface area contributed by atoms with Gasteiger partial charge in [0.1, 0.15) is 5.78 Å². The van der Waals surface area contributed by atoms with E-state index < -0.39 is 0 Å². The predicted octanol–water partition coefficient (Wildman–Crippen LogP) is 8.95. The smallest absolute Gasteiger partial charge is 0.126 e. The van der Waals surface area contributed by atoms with Crippen LogP contribution >= 0.6 is 0 Å². The third-order valence-electron chi connectivity index (χ3n) is 3.27. The summed E-state index contributed by atoms with van der Waals surface area (Å²) in [6.07, 6.45) is 8.44. The molecule has 1 heteroatoms. The molecule has 0 N–H and O–H groups in total. The predicted molar refractivity (Wildman–Crippen MR) is 123 cm³/mol. The van der Waals surface area contributed by atoms with Gasteiger partial charge in [-0.25, -0.2) is 0 Å². The first-order valence-electron chi connectivity index (χ1n) is 10.8. The molecule has 0 aromatic heterocycles. The molecule has 0 amide bonds. The van der Waals surface area contributed by atoms with Crippen molar-refractivity contribution in [1.82, 2.24) is 0 Å². The molecule has 0 aliphatic rings. The fourth-order valence-electron chi connectivity index (χ4n) is 2.06. The molecular weight excluding hydrogens is 316 g/mol. The van der Waals surface area contributed by atoms with Crippen LogP contribution in [0, 0.1) is 19.8 Å². The lowest BCUT2D eigenvalue weighted by atomic mass is 9.98. The molecule has 0 saturated heterocycles. The van der Waals surface area contributed by atoms with E-state index in [1.54, 1.807) is 0 Å². The highest BCUT2D eigenvalue weighted by Crippen LogP contribution is 2.14. The second kappa shape index (κ2) is 28.7. The quantitative estimate of drug-likeness (QED) is 0.491. The molecule has 0 bridgehead atoms. The Morgan fingerprint density at radius 1 is 0.846 bits per heavy atom. The molecule has 156 valence electrons. The molecule has 0 heterocycles. The van der Waals surface area contributed by atoms with E-state index in [4.69, 9.17) is 0 Å². The first kappa shape index (κ1) is 32.6. The monoisotopic (exact) mass is 366 g/mol. The van der Waals surface area contributed by atoms with Crippen molar-refractivity contribution in [3.05, 3.63) is 35.4 Å². The summed E-state index contributed by atoms with van der Waals surface area (Å²) < 4.78 is 0. The molecule has 0 radical (unpaired) electrons. The molecule has 0 atom stereocenters. The average molecular weight is 367 g/mol. The Labute approximate surface area is 167 Å². The van der Waals surface area contributed by atoms with Gasteiger partial charge in [0.15, 0.2) is 0 Å². The van der Waals surface area contributed by atoms with E-state index >= 15 is 0 Å². The van der Waals surface area contributed by atoms with E-state index in [1.165, 1.54) is 63.5 Å². The number of hydrogen-bond acceptors (Lipinski definition) is 1. The Morgan fingerprint density at radius 3 is 1.35 bits per heavy atom. The topological polar surface area (TPSA) is 17.1 Å². The minimum Gasteiger partial charge on any atom is -0.300 e. The summed E-state index contributed by atoms with van der Waals surface area (Å²) in [7, 11) is 0. The maximum absolute atomic E-state index is 9.44. The van der Waals surface area contributed by atoms with Gasteiger partial charge in [-0.15, -0.1) is 0 Å². The molecule has 0 spiro atoms. The lowest BCUT2D eigenvalue weighted by molar-refractivity contribution is -0.114. The van der Waals surface area contributed by atoms with Crippen LogP contribution in [0.5, 0.6) is 0 Å². The van der Waals surface area contributed by atoms with Crippen molar-refractivity contribution in [2.45, 2.75) is 115 Å². The van der Waals surface area contributed by atoms with Gasteiger partial charge in [-0.05, 0) is 33.6 Å². The summed E-state index contributed by atoms with van der Waals surface area (Å²) in [4.78, 5) is 9.44. The van der Waals surface area contributed by atoms with Crippen molar-refractivity contribution < 1.29 is 4.79 Å². The van der Waals surface area contributed by atoms with E-state index in [9.17, 15) is 4.79 Å². The molecule has 0 saturated carbocycles. The molecular formula is C25H50O. The fourth-order valence-corrected chi connectivity index (χ4v) is 2.06. The highest BCUT2D eigenvalue weighted by molar-refractivity contribution is 5.72. The fraction of sp³-hybridized carbons (Fsp3) is 0.720. The zero-order valence-corrected chi connectivity index (χ0v) is 20.0. The van der Waals surface area contributed by atoms with E-state index in [-0.39, 0.29) is 5.78 Å². The van der Waals surface area contributed by atoms with Gasteiger partial charge in [-0.3, -0.25) is 0 Å². The van der Waals surface area contributed by atoms with Crippen LogP contribution in [-0.2, 0) is 4.79 Å². The summed E-state index contributed by atoms with van der Waals surface area (Å²) in [5, 5.41) is 0. The molecule has 0 fully saturated rings. The number of aryl methyl sites for hydroxylation is 2. The largest absolute Gasteiger partial charge is 0.300 e. The minimum absolute atomic E-state index is 0.167. The SMILES string of the molecule is CC.CC.CC(C)=O.CCCCC(C)CCCC.Cc1cccc(C)c1. The lowest BCUT2D eigenvalue weighted by Crippen LogP contribution is -1.93. The van der Waals surface area contributed by atoms with Gasteiger partial charge < -0.3 is 4.79 Å². The first-order chi connectivity index (χ1) is 12.3. The normalized spacial score (nSPS) is 8.46. The number of ketones is 1. The van der Waals surface area contributed by atoms with E-state index in [0.717, 1.165) is 5.92 Å². The van der Waals surface area contributed by atoms with Gasteiger partial charge in [0, 0.05) is 0 Å². The van der Waals surface area contributed by atoms with Gasteiger partial charge in [0.25, 0.3) is 0 Å². The molecule has 1 nitrogen and oxygen atoms in total. The summed E-state index contributed by atoms with van der Waals surface area (Å²) in [5.74, 6) is 1.14. The molecule has 0 aliphatic carbocycles. The van der Waals surface area contributed by atoms with Crippen molar-refractivity contribution in [2.75, 3.05) is 0 Å². The number of carbonyl (C=O) groups is 1.